The topological polar surface area (TPSA) is 59.0 Å². The zero-order valence-electron chi connectivity index (χ0n) is 13.4. The van der Waals surface area contributed by atoms with Gasteiger partial charge in [0.2, 0.25) is 0 Å². The molecule has 1 amide bonds. The van der Waals surface area contributed by atoms with Gasteiger partial charge in [0.15, 0.2) is 0 Å². The minimum atomic E-state index is -0.0478. The molecular formula is C16H22Cl2N4OS. The number of aromatic nitrogens is 2. The van der Waals surface area contributed by atoms with Crippen LogP contribution in [0.2, 0.25) is 0 Å². The molecule has 2 aromatic rings. The van der Waals surface area contributed by atoms with Gasteiger partial charge in [-0.05, 0) is 30.7 Å². The minimum Gasteiger partial charge on any atom is -0.318 e. The summed E-state index contributed by atoms with van der Waals surface area (Å²) in [6.07, 6.45) is 6.97. The van der Waals surface area contributed by atoms with Crippen LogP contribution in [0.4, 0.5) is 5.69 Å². The predicted octanol–water partition coefficient (Wildman–Crippen LogP) is 3.58. The molecule has 24 heavy (non-hydrogen) atoms. The molecule has 0 spiro atoms. The van der Waals surface area contributed by atoms with Crippen LogP contribution in [-0.2, 0) is 7.05 Å². The highest BCUT2D eigenvalue weighted by molar-refractivity contribution is 7.12. The first kappa shape index (κ1) is 19.2. The van der Waals surface area contributed by atoms with Crippen molar-refractivity contribution >= 4 is 47.7 Å². The quantitative estimate of drug-likeness (QED) is 0.822. The molecule has 2 fully saturated rings. The van der Waals surface area contributed by atoms with E-state index in [4.69, 9.17) is 0 Å². The standard InChI is InChI=1S/C16H20N4OS.2ClH/c1-20-9-13(18-16(21)14-6-3-7-22-14)15(19-20)11-8-12(11)17-10-4-2-5-10;;/h3,6-7,9-12,17H,2,4-5,8H2,1H3,(H,18,21);2*1H. The summed E-state index contributed by atoms with van der Waals surface area (Å²) in [5, 5.41) is 13.2. The normalized spacial score (nSPS) is 22.0. The van der Waals surface area contributed by atoms with Crippen molar-refractivity contribution in [2.45, 2.75) is 43.7 Å². The summed E-state index contributed by atoms with van der Waals surface area (Å²) in [5.41, 5.74) is 1.87. The van der Waals surface area contributed by atoms with Crippen molar-refractivity contribution in [2.75, 3.05) is 5.32 Å². The van der Waals surface area contributed by atoms with Gasteiger partial charge in [-0.25, -0.2) is 0 Å². The molecule has 0 aromatic carbocycles. The largest absolute Gasteiger partial charge is 0.318 e. The number of thiophene rings is 1. The number of nitrogens with one attached hydrogen (secondary N) is 2. The maximum absolute atomic E-state index is 12.2. The number of aryl methyl sites for hydroxylation is 1. The van der Waals surface area contributed by atoms with E-state index in [0.29, 0.717) is 18.0 Å². The summed E-state index contributed by atoms with van der Waals surface area (Å²) in [6, 6.07) is 4.96. The number of halogens is 2. The first-order chi connectivity index (χ1) is 10.7. The van der Waals surface area contributed by atoms with E-state index in [0.717, 1.165) is 22.7 Å². The van der Waals surface area contributed by atoms with E-state index in [1.165, 1.54) is 30.6 Å². The number of anilines is 1. The monoisotopic (exact) mass is 388 g/mol. The molecule has 8 heteroatoms. The second-order valence-electron chi connectivity index (χ2n) is 6.28. The average molecular weight is 389 g/mol. The Morgan fingerprint density at radius 2 is 2.17 bits per heavy atom. The zero-order chi connectivity index (χ0) is 15.1. The molecule has 0 bridgehead atoms. The Balaban J connectivity index is 0.00000104. The number of carbonyl (C=O) groups excluding carboxylic acids is 1. The van der Waals surface area contributed by atoms with Gasteiger partial charge in [0, 0.05) is 31.2 Å². The summed E-state index contributed by atoms with van der Waals surface area (Å²) in [4.78, 5) is 13.0. The maximum atomic E-state index is 12.2. The van der Waals surface area contributed by atoms with Crippen LogP contribution in [0.3, 0.4) is 0 Å². The lowest BCUT2D eigenvalue weighted by Crippen LogP contribution is -2.37. The van der Waals surface area contributed by atoms with Gasteiger partial charge in [0.1, 0.15) is 0 Å². The van der Waals surface area contributed by atoms with Crippen LogP contribution in [0, 0.1) is 0 Å². The molecule has 2 saturated carbocycles. The third-order valence-corrected chi connectivity index (χ3v) is 5.42. The highest BCUT2D eigenvalue weighted by atomic mass is 35.5. The van der Waals surface area contributed by atoms with Gasteiger partial charge in [0.05, 0.1) is 16.3 Å². The maximum Gasteiger partial charge on any atom is 0.265 e. The highest BCUT2D eigenvalue weighted by Gasteiger charge is 2.43. The minimum absolute atomic E-state index is 0. The Hall–Kier alpha value is -1.08. The van der Waals surface area contributed by atoms with Crippen LogP contribution in [-0.4, -0.2) is 27.8 Å². The smallest absolute Gasteiger partial charge is 0.265 e. The number of amides is 1. The molecule has 4 rings (SSSR count). The van der Waals surface area contributed by atoms with E-state index in [1.54, 1.807) is 4.68 Å². The van der Waals surface area contributed by atoms with Crippen molar-refractivity contribution < 1.29 is 4.79 Å². The van der Waals surface area contributed by atoms with Crippen LogP contribution in [0.1, 0.15) is 47.0 Å². The Labute approximate surface area is 158 Å². The molecule has 2 heterocycles. The SMILES string of the molecule is Cl.Cl.Cn1cc(NC(=O)c2cccs2)c(C2CC2NC2CCC2)n1. The van der Waals surface area contributed by atoms with E-state index in [-0.39, 0.29) is 30.7 Å². The summed E-state index contributed by atoms with van der Waals surface area (Å²) in [5.74, 6) is 0.383. The summed E-state index contributed by atoms with van der Waals surface area (Å²) < 4.78 is 1.79. The van der Waals surface area contributed by atoms with Gasteiger partial charge < -0.3 is 10.6 Å². The van der Waals surface area contributed by atoms with Gasteiger partial charge in [-0.15, -0.1) is 36.2 Å². The Bertz CT molecular complexity index is 684. The van der Waals surface area contributed by atoms with Crippen molar-refractivity contribution in [3.8, 4) is 0 Å². The molecule has 2 aliphatic rings. The number of carbonyl (C=O) groups is 1. The summed E-state index contributed by atoms with van der Waals surface area (Å²) in [6.45, 7) is 0. The number of nitrogens with zero attached hydrogens (tertiary/aromatic N) is 2. The van der Waals surface area contributed by atoms with E-state index in [9.17, 15) is 4.79 Å². The predicted molar refractivity (Wildman–Crippen MR) is 102 cm³/mol. The molecule has 0 saturated heterocycles. The molecule has 132 valence electrons. The van der Waals surface area contributed by atoms with Gasteiger partial charge in [-0.1, -0.05) is 12.5 Å². The third-order valence-electron chi connectivity index (χ3n) is 4.55. The van der Waals surface area contributed by atoms with Crippen LogP contribution in [0.5, 0.6) is 0 Å². The van der Waals surface area contributed by atoms with Crippen molar-refractivity contribution in [2.24, 2.45) is 7.05 Å². The molecular weight excluding hydrogens is 367 g/mol. The average Bonchev–Trinajstić information content (AvgIpc) is 2.85. The molecule has 2 atom stereocenters. The second kappa shape index (κ2) is 7.87. The summed E-state index contributed by atoms with van der Waals surface area (Å²) >= 11 is 1.45. The van der Waals surface area contributed by atoms with Crippen LogP contribution >= 0.6 is 36.2 Å². The molecule has 2 aromatic heterocycles. The molecule has 5 nitrogen and oxygen atoms in total. The van der Waals surface area contributed by atoms with E-state index < -0.39 is 0 Å². The van der Waals surface area contributed by atoms with Crippen LogP contribution in [0.15, 0.2) is 23.7 Å². The fourth-order valence-electron chi connectivity index (χ4n) is 3.03. The first-order valence-electron chi connectivity index (χ1n) is 7.85. The van der Waals surface area contributed by atoms with Crippen molar-refractivity contribution in [3.05, 3.63) is 34.3 Å². The fraction of sp³-hybridized carbons (Fsp3) is 0.500. The fourth-order valence-corrected chi connectivity index (χ4v) is 3.65. The van der Waals surface area contributed by atoms with Crippen molar-refractivity contribution in [3.63, 3.8) is 0 Å². The molecule has 0 aliphatic heterocycles. The van der Waals surface area contributed by atoms with Gasteiger partial charge in [-0.2, -0.15) is 5.10 Å². The van der Waals surface area contributed by atoms with Crippen molar-refractivity contribution in [1.29, 1.82) is 0 Å². The van der Waals surface area contributed by atoms with Gasteiger partial charge in [0.25, 0.3) is 5.91 Å². The van der Waals surface area contributed by atoms with Crippen LogP contribution in [0.25, 0.3) is 0 Å². The third kappa shape index (κ3) is 3.94. The number of hydrogen-bond donors (Lipinski definition) is 2. The van der Waals surface area contributed by atoms with E-state index >= 15 is 0 Å². The lowest BCUT2D eigenvalue weighted by molar-refractivity contribution is 0.103. The Morgan fingerprint density at radius 3 is 2.79 bits per heavy atom. The number of rotatable bonds is 5. The first-order valence-corrected chi connectivity index (χ1v) is 8.73. The molecule has 2 unspecified atom stereocenters. The Morgan fingerprint density at radius 1 is 1.38 bits per heavy atom. The van der Waals surface area contributed by atoms with Crippen molar-refractivity contribution in [1.82, 2.24) is 15.1 Å². The van der Waals surface area contributed by atoms with E-state index in [1.807, 2.05) is 30.8 Å². The lowest BCUT2D eigenvalue weighted by atomic mass is 9.93. The lowest BCUT2D eigenvalue weighted by Gasteiger charge is -2.26. The van der Waals surface area contributed by atoms with Gasteiger partial charge >= 0.3 is 0 Å². The Kier molecular flexibility index (Phi) is 6.31. The molecule has 2 N–H and O–H groups in total. The highest BCUT2D eigenvalue weighted by Crippen LogP contribution is 2.44. The second-order valence-corrected chi connectivity index (χ2v) is 7.22. The molecule has 0 radical (unpaired) electrons. The number of hydrogen-bond acceptors (Lipinski definition) is 4. The zero-order valence-corrected chi connectivity index (χ0v) is 15.8. The summed E-state index contributed by atoms with van der Waals surface area (Å²) in [7, 11) is 1.90. The van der Waals surface area contributed by atoms with Gasteiger partial charge in [-0.3, -0.25) is 9.48 Å². The van der Waals surface area contributed by atoms with Crippen LogP contribution < -0.4 is 10.6 Å². The molecule has 2 aliphatic carbocycles. The van der Waals surface area contributed by atoms with E-state index in [2.05, 4.69) is 15.7 Å².